The van der Waals surface area contributed by atoms with Crippen LogP contribution in [0, 0.1) is 13.8 Å². The standard InChI is InChI=1S/C19H21N3O4/c1-13-14(2)22-16(10-20-13)11-26-21-9-15-7-5-6-8-17(15)18(12-24-3)19(23)25-4/h5-10,12H,11H2,1-4H3/b18-12+,21-9+. The number of esters is 1. The Labute approximate surface area is 152 Å². The molecule has 7 nitrogen and oxygen atoms in total. The van der Waals surface area contributed by atoms with Crippen molar-refractivity contribution in [3.8, 4) is 0 Å². The molecule has 0 spiro atoms. The van der Waals surface area contributed by atoms with Gasteiger partial charge in [0.1, 0.15) is 5.57 Å². The van der Waals surface area contributed by atoms with E-state index in [4.69, 9.17) is 14.3 Å². The predicted molar refractivity (Wildman–Crippen MR) is 97.3 cm³/mol. The van der Waals surface area contributed by atoms with Crippen molar-refractivity contribution < 1.29 is 19.1 Å². The van der Waals surface area contributed by atoms with E-state index >= 15 is 0 Å². The topological polar surface area (TPSA) is 82.9 Å². The first-order valence-electron chi connectivity index (χ1n) is 7.92. The second-order valence-electron chi connectivity index (χ2n) is 5.39. The Kier molecular flexibility index (Phi) is 6.84. The summed E-state index contributed by atoms with van der Waals surface area (Å²) in [6, 6.07) is 7.23. The van der Waals surface area contributed by atoms with E-state index in [0.29, 0.717) is 16.8 Å². The first kappa shape index (κ1) is 19.1. The average Bonchev–Trinajstić information content (AvgIpc) is 2.66. The van der Waals surface area contributed by atoms with Crippen LogP contribution in [0.15, 0.2) is 41.9 Å². The SMILES string of the molecule is CO/C=C(/C(=O)OC)c1ccccc1/C=N/OCc1cnc(C)c(C)n1. The van der Waals surface area contributed by atoms with Gasteiger partial charge in [-0.05, 0) is 13.8 Å². The minimum atomic E-state index is -0.501. The minimum Gasteiger partial charge on any atom is -0.503 e. The number of aryl methyl sites for hydroxylation is 2. The summed E-state index contributed by atoms with van der Waals surface area (Å²) in [5.41, 5.74) is 4.02. The number of hydrogen-bond donors (Lipinski definition) is 0. The maximum Gasteiger partial charge on any atom is 0.341 e. The molecule has 2 rings (SSSR count). The Morgan fingerprint density at radius 3 is 2.65 bits per heavy atom. The van der Waals surface area contributed by atoms with Crippen LogP contribution in [-0.4, -0.2) is 36.4 Å². The number of ether oxygens (including phenoxy) is 2. The lowest BCUT2D eigenvalue weighted by atomic mass is 10.0. The van der Waals surface area contributed by atoms with Gasteiger partial charge in [0.15, 0.2) is 6.61 Å². The van der Waals surface area contributed by atoms with E-state index in [1.54, 1.807) is 12.3 Å². The van der Waals surface area contributed by atoms with Crippen molar-refractivity contribution >= 4 is 17.8 Å². The van der Waals surface area contributed by atoms with E-state index in [2.05, 4.69) is 15.1 Å². The summed E-state index contributed by atoms with van der Waals surface area (Å²) in [5, 5.41) is 3.96. The Morgan fingerprint density at radius 1 is 1.19 bits per heavy atom. The van der Waals surface area contributed by atoms with Crippen molar-refractivity contribution in [3.05, 3.63) is 64.9 Å². The molecule has 0 aliphatic carbocycles. The molecule has 26 heavy (non-hydrogen) atoms. The van der Waals surface area contributed by atoms with Crippen molar-refractivity contribution in [3.63, 3.8) is 0 Å². The van der Waals surface area contributed by atoms with Crippen LogP contribution in [0.4, 0.5) is 0 Å². The third kappa shape index (κ3) is 4.89. The normalized spacial score (nSPS) is 11.5. The Morgan fingerprint density at radius 2 is 1.96 bits per heavy atom. The van der Waals surface area contributed by atoms with E-state index < -0.39 is 5.97 Å². The number of aromatic nitrogens is 2. The first-order valence-corrected chi connectivity index (χ1v) is 7.92. The van der Waals surface area contributed by atoms with Crippen LogP contribution in [0.25, 0.3) is 5.57 Å². The van der Waals surface area contributed by atoms with Crippen LogP contribution in [0.1, 0.15) is 28.2 Å². The van der Waals surface area contributed by atoms with Gasteiger partial charge in [0.2, 0.25) is 0 Å². The van der Waals surface area contributed by atoms with Crippen LogP contribution in [-0.2, 0) is 25.7 Å². The number of rotatable bonds is 7. The fourth-order valence-electron chi connectivity index (χ4n) is 2.16. The summed E-state index contributed by atoms with van der Waals surface area (Å²) in [6.45, 7) is 3.99. The third-order valence-electron chi connectivity index (χ3n) is 3.61. The van der Waals surface area contributed by atoms with E-state index in [1.165, 1.54) is 26.7 Å². The Bertz CT molecular complexity index is 831. The summed E-state index contributed by atoms with van der Waals surface area (Å²) in [5.74, 6) is -0.501. The Hall–Kier alpha value is -3.22. The van der Waals surface area contributed by atoms with Crippen molar-refractivity contribution in [1.29, 1.82) is 0 Å². The molecular weight excluding hydrogens is 334 g/mol. The van der Waals surface area contributed by atoms with Crippen molar-refractivity contribution in [2.45, 2.75) is 20.5 Å². The third-order valence-corrected chi connectivity index (χ3v) is 3.61. The molecule has 1 aromatic carbocycles. The Balaban J connectivity index is 2.14. The molecule has 0 amide bonds. The molecule has 136 valence electrons. The number of oxime groups is 1. The number of carbonyl (C=O) groups excluding carboxylic acids is 1. The highest BCUT2D eigenvalue weighted by atomic mass is 16.6. The fraction of sp³-hybridized carbons (Fsp3) is 0.263. The quantitative estimate of drug-likeness (QED) is 0.250. The maximum absolute atomic E-state index is 12.0. The van der Waals surface area contributed by atoms with Crippen LogP contribution >= 0.6 is 0 Å². The number of carbonyl (C=O) groups is 1. The van der Waals surface area contributed by atoms with Crippen molar-refractivity contribution in [2.24, 2.45) is 5.16 Å². The lowest BCUT2D eigenvalue weighted by Gasteiger charge is -2.08. The van der Waals surface area contributed by atoms with Crippen LogP contribution in [0.5, 0.6) is 0 Å². The zero-order valence-corrected chi connectivity index (χ0v) is 15.2. The molecule has 0 aliphatic heterocycles. The van der Waals surface area contributed by atoms with Gasteiger partial charge in [-0.15, -0.1) is 0 Å². The van der Waals surface area contributed by atoms with Gasteiger partial charge in [-0.2, -0.15) is 0 Å². The zero-order chi connectivity index (χ0) is 18.9. The maximum atomic E-state index is 12.0. The summed E-state index contributed by atoms with van der Waals surface area (Å²) >= 11 is 0. The van der Waals surface area contributed by atoms with Gasteiger partial charge in [-0.25, -0.2) is 4.79 Å². The number of hydrogen-bond acceptors (Lipinski definition) is 7. The molecule has 7 heteroatoms. The average molecular weight is 355 g/mol. The molecular formula is C19H21N3O4. The van der Waals surface area contributed by atoms with Gasteiger partial charge in [0.05, 0.1) is 50.0 Å². The molecule has 1 heterocycles. The number of methoxy groups -OCH3 is 2. The highest BCUT2D eigenvalue weighted by Crippen LogP contribution is 2.19. The highest BCUT2D eigenvalue weighted by Gasteiger charge is 2.15. The van der Waals surface area contributed by atoms with Crippen LogP contribution in [0.3, 0.4) is 0 Å². The molecule has 2 aromatic rings. The smallest absolute Gasteiger partial charge is 0.341 e. The predicted octanol–water partition coefficient (Wildman–Crippen LogP) is 2.80. The van der Waals surface area contributed by atoms with E-state index in [-0.39, 0.29) is 12.2 Å². The van der Waals surface area contributed by atoms with Gasteiger partial charge < -0.3 is 14.3 Å². The lowest BCUT2D eigenvalue weighted by molar-refractivity contribution is -0.133. The molecule has 0 bridgehead atoms. The van der Waals surface area contributed by atoms with E-state index in [9.17, 15) is 4.79 Å². The second-order valence-corrected chi connectivity index (χ2v) is 5.39. The molecule has 0 atom stereocenters. The minimum absolute atomic E-state index is 0.199. The molecule has 0 fully saturated rings. The summed E-state index contributed by atoms with van der Waals surface area (Å²) in [6.07, 6.45) is 4.52. The van der Waals surface area contributed by atoms with Crippen molar-refractivity contribution in [2.75, 3.05) is 14.2 Å². The summed E-state index contributed by atoms with van der Waals surface area (Å²) in [4.78, 5) is 25.9. The number of nitrogens with zero attached hydrogens (tertiary/aromatic N) is 3. The van der Waals surface area contributed by atoms with Gasteiger partial charge >= 0.3 is 5.97 Å². The van der Waals surface area contributed by atoms with E-state index in [0.717, 1.165) is 11.4 Å². The summed E-state index contributed by atoms with van der Waals surface area (Å²) in [7, 11) is 2.78. The van der Waals surface area contributed by atoms with Gasteiger partial charge in [0.25, 0.3) is 0 Å². The molecule has 0 saturated heterocycles. The van der Waals surface area contributed by atoms with E-state index in [1.807, 2.05) is 32.0 Å². The molecule has 0 aliphatic rings. The van der Waals surface area contributed by atoms with Gasteiger partial charge in [-0.1, -0.05) is 29.4 Å². The molecule has 0 saturated carbocycles. The highest BCUT2D eigenvalue weighted by molar-refractivity contribution is 6.18. The first-order chi connectivity index (χ1) is 12.6. The molecule has 1 aromatic heterocycles. The molecule has 0 radical (unpaired) electrons. The second kappa shape index (κ2) is 9.31. The largest absolute Gasteiger partial charge is 0.503 e. The lowest BCUT2D eigenvalue weighted by Crippen LogP contribution is -2.06. The number of benzene rings is 1. The molecule has 0 unspecified atom stereocenters. The van der Waals surface area contributed by atoms with Crippen molar-refractivity contribution in [1.82, 2.24) is 9.97 Å². The van der Waals surface area contributed by atoms with Crippen LogP contribution < -0.4 is 0 Å². The van der Waals surface area contributed by atoms with Gasteiger partial charge in [-0.3, -0.25) is 9.97 Å². The zero-order valence-electron chi connectivity index (χ0n) is 15.2. The monoisotopic (exact) mass is 355 g/mol. The molecule has 0 N–H and O–H groups in total. The van der Waals surface area contributed by atoms with Gasteiger partial charge in [0, 0.05) is 11.1 Å². The van der Waals surface area contributed by atoms with Crippen LogP contribution in [0.2, 0.25) is 0 Å². The summed E-state index contributed by atoms with van der Waals surface area (Å²) < 4.78 is 9.79. The fourth-order valence-corrected chi connectivity index (χ4v) is 2.16.